The highest BCUT2D eigenvalue weighted by Gasteiger charge is 2.44. The molecule has 0 fully saturated rings. The van der Waals surface area contributed by atoms with Crippen molar-refractivity contribution in [3.05, 3.63) is 60.7 Å². The number of carboxylic acids is 1. The van der Waals surface area contributed by atoms with Crippen LogP contribution in [0.4, 0.5) is 0 Å². The van der Waals surface area contributed by atoms with Gasteiger partial charge in [0.1, 0.15) is 17.9 Å². The minimum Gasteiger partial charge on any atom is -0.475 e. The van der Waals surface area contributed by atoms with Gasteiger partial charge in [0.05, 0.1) is 6.07 Å². The minimum atomic E-state index is -2.09. The van der Waals surface area contributed by atoms with Crippen molar-refractivity contribution < 1.29 is 19.4 Å². The molecule has 2 rings (SSSR count). The van der Waals surface area contributed by atoms with E-state index < -0.39 is 18.2 Å². The van der Waals surface area contributed by atoms with Gasteiger partial charge < -0.3 is 14.6 Å². The average Bonchev–Trinajstić information content (AvgIpc) is 2.49. The third kappa shape index (κ3) is 3.51. The third-order valence-corrected chi connectivity index (χ3v) is 2.69. The third-order valence-electron chi connectivity index (χ3n) is 2.69. The van der Waals surface area contributed by atoms with Gasteiger partial charge in [0.15, 0.2) is 0 Å². The van der Waals surface area contributed by atoms with Crippen molar-refractivity contribution in [3.63, 3.8) is 0 Å². The van der Waals surface area contributed by atoms with Crippen molar-refractivity contribution in [2.75, 3.05) is 0 Å². The molecule has 21 heavy (non-hydrogen) atoms. The van der Waals surface area contributed by atoms with E-state index in [1.807, 2.05) is 0 Å². The summed E-state index contributed by atoms with van der Waals surface area (Å²) in [4.78, 5) is 11.6. The molecule has 0 aliphatic rings. The van der Waals surface area contributed by atoms with Crippen LogP contribution in [-0.4, -0.2) is 16.9 Å². The van der Waals surface area contributed by atoms with E-state index in [-0.39, 0.29) is 0 Å². The van der Waals surface area contributed by atoms with Crippen molar-refractivity contribution in [2.24, 2.45) is 0 Å². The van der Waals surface area contributed by atoms with Gasteiger partial charge in [0.25, 0.3) is 0 Å². The standard InChI is InChI=1S/C16H13NO4/c17-12-11-16(15(18)19,20-13-7-3-1-4-8-13)21-14-9-5-2-6-10-14/h1-10H,11H2,(H,18,19). The second kappa shape index (κ2) is 6.44. The number of carboxylic acid groups (broad SMARTS) is 1. The number of ether oxygens (including phenoxy) is 2. The molecule has 0 aliphatic heterocycles. The number of nitriles is 1. The number of hydrogen-bond acceptors (Lipinski definition) is 4. The summed E-state index contributed by atoms with van der Waals surface area (Å²) in [5, 5.41) is 18.4. The van der Waals surface area contributed by atoms with Crippen LogP contribution in [0.3, 0.4) is 0 Å². The lowest BCUT2D eigenvalue weighted by Crippen LogP contribution is -2.50. The number of nitrogens with zero attached hydrogens (tertiary/aromatic N) is 1. The zero-order valence-corrected chi connectivity index (χ0v) is 11.1. The lowest BCUT2D eigenvalue weighted by atomic mass is 10.2. The van der Waals surface area contributed by atoms with Gasteiger partial charge in [0, 0.05) is 0 Å². The molecule has 106 valence electrons. The van der Waals surface area contributed by atoms with Crippen LogP contribution in [0.15, 0.2) is 60.7 Å². The van der Waals surface area contributed by atoms with E-state index in [0.717, 1.165) is 0 Å². The Balaban J connectivity index is 2.34. The minimum absolute atomic E-state index is 0.311. The summed E-state index contributed by atoms with van der Waals surface area (Å²) in [7, 11) is 0. The summed E-state index contributed by atoms with van der Waals surface area (Å²) in [5.41, 5.74) is 0. The molecule has 0 radical (unpaired) electrons. The molecule has 0 saturated carbocycles. The second-order valence-corrected chi connectivity index (χ2v) is 4.22. The number of para-hydroxylation sites is 2. The van der Waals surface area contributed by atoms with E-state index in [2.05, 4.69) is 0 Å². The zero-order chi connectivity index (χ0) is 15.1. The second-order valence-electron chi connectivity index (χ2n) is 4.22. The van der Waals surface area contributed by atoms with Crippen molar-refractivity contribution in [3.8, 4) is 17.6 Å². The molecule has 0 saturated heterocycles. The number of rotatable bonds is 6. The van der Waals surface area contributed by atoms with Gasteiger partial charge in [-0.25, -0.2) is 4.79 Å². The van der Waals surface area contributed by atoms with Crippen LogP contribution in [-0.2, 0) is 4.79 Å². The number of carbonyl (C=O) groups is 1. The van der Waals surface area contributed by atoms with Crippen LogP contribution >= 0.6 is 0 Å². The molecule has 0 amide bonds. The van der Waals surface area contributed by atoms with Gasteiger partial charge in [-0.15, -0.1) is 0 Å². The maximum atomic E-state index is 11.6. The predicted molar refractivity (Wildman–Crippen MR) is 74.7 cm³/mol. The normalized spacial score (nSPS) is 10.4. The molecule has 0 bridgehead atoms. The Morgan fingerprint density at radius 3 is 1.76 bits per heavy atom. The molecule has 2 aromatic rings. The van der Waals surface area contributed by atoms with Gasteiger partial charge in [-0.2, -0.15) is 5.26 Å². The summed E-state index contributed by atoms with van der Waals surface area (Å²) >= 11 is 0. The number of benzene rings is 2. The van der Waals surface area contributed by atoms with Crippen molar-refractivity contribution in [1.29, 1.82) is 5.26 Å². The molecule has 0 aromatic heterocycles. The smallest absolute Gasteiger partial charge is 0.391 e. The molecule has 0 unspecified atom stereocenters. The molecule has 0 spiro atoms. The summed E-state index contributed by atoms with van der Waals surface area (Å²) in [6.45, 7) is 0. The van der Waals surface area contributed by atoms with E-state index in [1.54, 1.807) is 66.7 Å². The fourth-order valence-electron chi connectivity index (χ4n) is 1.72. The highest BCUT2D eigenvalue weighted by Crippen LogP contribution is 2.26. The van der Waals surface area contributed by atoms with E-state index in [9.17, 15) is 9.90 Å². The fourth-order valence-corrected chi connectivity index (χ4v) is 1.72. The lowest BCUT2D eigenvalue weighted by Gasteiger charge is -2.28. The summed E-state index contributed by atoms with van der Waals surface area (Å²) in [6, 6.07) is 18.6. The maximum Gasteiger partial charge on any atom is 0.391 e. The zero-order valence-electron chi connectivity index (χ0n) is 11.1. The SMILES string of the molecule is N#CCC(Oc1ccccc1)(Oc1ccccc1)C(=O)O. The van der Waals surface area contributed by atoms with Crippen LogP contribution in [0.2, 0.25) is 0 Å². The van der Waals surface area contributed by atoms with Crippen LogP contribution in [0, 0.1) is 11.3 Å². The molecule has 0 heterocycles. The first kappa shape index (κ1) is 14.4. The Labute approximate surface area is 122 Å². The highest BCUT2D eigenvalue weighted by atomic mass is 16.7. The van der Waals surface area contributed by atoms with Crippen LogP contribution < -0.4 is 9.47 Å². The Morgan fingerprint density at radius 2 is 1.43 bits per heavy atom. The molecule has 5 heteroatoms. The predicted octanol–water partition coefficient (Wildman–Crippen LogP) is 2.84. The molecule has 0 atom stereocenters. The Bertz CT molecular complexity index is 593. The summed E-state index contributed by atoms with van der Waals surface area (Å²) in [5.74, 6) is -2.83. The molecular formula is C16H13NO4. The molecule has 2 aromatic carbocycles. The number of aliphatic carboxylic acids is 1. The van der Waals surface area contributed by atoms with E-state index >= 15 is 0 Å². The molecule has 5 nitrogen and oxygen atoms in total. The summed E-state index contributed by atoms with van der Waals surface area (Å²) < 4.78 is 10.9. The van der Waals surface area contributed by atoms with E-state index in [0.29, 0.717) is 11.5 Å². The van der Waals surface area contributed by atoms with Gasteiger partial charge in [0.2, 0.25) is 0 Å². The van der Waals surface area contributed by atoms with Gasteiger partial charge in [-0.3, -0.25) is 0 Å². The quantitative estimate of drug-likeness (QED) is 0.824. The van der Waals surface area contributed by atoms with Gasteiger partial charge >= 0.3 is 11.8 Å². The molecular weight excluding hydrogens is 270 g/mol. The first-order valence-corrected chi connectivity index (χ1v) is 6.25. The van der Waals surface area contributed by atoms with Crippen molar-refractivity contribution in [1.82, 2.24) is 0 Å². The Hall–Kier alpha value is -3.00. The van der Waals surface area contributed by atoms with Crippen LogP contribution in [0.25, 0.3) is 0 Å². The van der Waals surface area contributed by atoms with E-state index in [1.165, 1.54) is 0 Å². The maximum absolute atomic E-state index is 11.6. The molecule has 0 aliphatic carbocycles. The van der Waals surface area contributed by atoms with Crippen LogP contribution in [0.5, 0.6) is 11.5 Å². The fraction of sp³-hybridized carbons (Fsp3) is 0.125. The first-order valence-electron chi connectivity index (χ1n) is 6.25. The number of hydrogen-bond donors (Lipinski definition) is 1. The Kier molecular flexibility index (Phi) is 4.42. The van der Waals surface area contributed by atoms with Crippen molar-refractivity contribution in [2.45, 2.75) is 12.2 Å². The lowest BCUT2D eigenvalue weighted by molar-refractivity contribution is -0.184. The van der Waals surface area contributed by atoms with Gasteiger partial charge in [-0.1, -0.05) is 36.4 Å². The Morgan fingerprint density at radius 1 is 1.00 bits per heavy atom. The van der Waals surface area contributed by atoms with Crippen molar-refractivity contribution >= 4 is 5.97 Å². The van der Waals surface area contributed by atoms with Gasteiger partial charge in [-0.05, 0) is 24.3 Å². The average molecular weight is 283 g/mol. The monoisotopic (exact) mass is 283 g/mol. The summed E-state index contributed by atoms with van der Waals surface area (Å²) in [6.07, 6.45) is -0.452. The van der Waals surface area contributed by atoms with Crippen LogP contribution in [0.1, 0.15) is 6.42 Å². The van der Waals surface area contributed by atoms with E-state index in [4.69, 9.17) is 14.7 Å². The topological polar surface area (TPSA) is 79.5 Å². The first-order chi connectivity index (χ1) is 10.2. The molecule has 1 N–H and O–H groups in total. The highest BCUT2D eigenvalue weighted by molar-refractivity contribution is 5.77. The largest absolute Gasteiger partial charge is 0.475 e.